The number of benzene rings is 1. The Bertz CT molecular complexity index is 954. The summed E-state index contributed by atoms with van der Waals surface area (Å²) >= 11 is 5.54. The number of nitrogens with two attached hydrogens (primary N) is 1. The van der Waals surface area contributed by atoms with Crippen molar-refractivity contribution in [3.63, 3.8) is 0 Å². The van der Waals surface area contributed by atoms with Crippen LogP contribution in [-0.4, -0.2) is 38.5 Å². The van der Waals surface area contributed by atoms with E-state index in [9.17, 15) is 14.4 Å². The minimum absolute atomic E-state index is 0.0438. The number of hydrogen-bond donors (Lipinski definition) is 4. The van der Waals surface area contributed by atoms with Crippen LogP contribution >= 0.6 is 11.6 Å². The molecule has 3 rings (SSSR count). The number of halogens is 1. The summed E-state index contributed by atoms with van der Waals surface area (Å²) in [5.41, 5.74) is 5.49. The van der Waals surface area contributed by atoms with E-state index in [4.69, 9.17) is 17.3 Å². The van der Waals surface area contributed by atoms with Crippen molar-refractivity contribution in [3.05, 3.63) is 69.9 Å². The van der Waals surface area contributed by atoms with Crippen LogP contribution in [0.5, 0.6) is 0 Å². The molecule has 0 saturated heterocycles. The third kappa shape index (κ3) is 6.40. The summed E-state index contributed by atoms with van der Waals surface area (Å²) in [5, 5.41) is 9.70. The number of carbonyl (C=O) groups excluding carboxylic acids is 2. The molecule has 140 valence electrons. The first kappa shape index (κ1) is 19.9. The number of hydrogen-bond acceptors (Lipinski definition) is 5. The standard InChI is InChI=1S/C11H12N6O3.C6H5Cl/c12-8(18)1-2-13-11(20)6-4-16-17-10(6)7-3-9(19)15-5-14-7;7-6-4-2-1-3-5-6/h3-5H,1-2H2,(H2,12,18)(H,13,20)(H,16,17)(H,14,15,19);1-5H. The Morgan fingerprint density at radius 3 is 2.56 bits per heavy atom. The van der Waals surface area contributed by atoms with Gasteiger partial charge in [-0.1, -0.05) is 29.8 Å². The second-order valence-corrected chi connectivity index (χ2v) is 5.66. The van der Waals surface area contributed by atoms with Crippen molar-refractivity contribution < 1.29 is 9.59 Å². The molecule has 3 aromatic rings. The average molecular weight is 389 g/mol. The maximum atomic E-state index is 11.9. The van der Waals surface area contributed by atoms with Gasteiger partial charge in [-0.15, -0.1) is 0 Å². The van der Waals surface area contributed by atoms with Crippen molar-refractivity contribution in [1.82, 2.24) is 25.5 Å². The van der Waals surface area contributed by atoms with Crippen LogP contribution in [0.2, 0.25) is 5.02 Å². The maximum absolute atomic E-state index is 11.9. The molecule has 0 atom stereocenters. The predicted molar refractivity (Wildman–Crippen MR) is 100 cm³/mol. The van der Waals surface area contributed by atoms with E-state index >= 15 is 0 Å². The van der Waals surface area contributed by atoms with E-state index in [2.05, 4.69) is 25.5 Å². The van der Waals surface area contributed by atoms with Gasteiger partial charge in [0.05, 0.1) is 29.5 Å². The van der Waals surface area contributed by atoms with Crippen molar-refractivity contribution >= 4 is 23.4 Å². The van der Waals surface area contributed by atoms with Crippen molar-refractivity contribution in [3.8, 4) is 11.4 Å². The number of aromatic amines is 2. The van der Waals surface area contributed by atoms with E-state index in [0.29, 0.717) is 11.4 Å². The number of amides is 2. The normalized spacial score (nSPS) is 9.81. The Hall–Kier alpha value is -3.46. The number of nitrogens with zero attached hydrogens (tertiary/aromatic N) is 2. The first-order valence-corrected chi connectivity index (χ1v) is 8.20. The smallest absolute Gasteiger partial charge is 0.255 e. The Labute approximate surface area is 159 Å². The highest BCUT2D eigenvalue weighted by atomic mass is 35.5. The Morgan fingerprint density at radius 1 is 1.22 bits per heavy atom. The molecule has 0 aliphatic rings. The van der Waals surface area contributed by atoms with Crippen molar-refractivity contribution in [2.75, 3.05) is 6.54 Å². The molecule has 0 saturated carbocycles. The number of carbonyl (C=O) groups is 2. The van der Waals surface area contributed by atoms with Crippen LogP contribution < -0.4 is 16.6 Å². The second kappa shape index (κ2) is 9.88. The number of aromatic nitrogens is 4. The zero-order valence-electron chi connectivity index (χ0n) is 14.1. The molecule has 10 heteroatoms. The van der Waals surface area contributed by atoms with E-state index in [1.54, 1.807) is 0 Å². The van der Waals surface area contributed by atoms with Gasteiger partial charge in [0.15, 0.2) is 0 Å². The summed E-state index contributed by atoms with van der Waals surface area (Å²) in [6.07, 6.45) is 2.59. The molecule has 0 unspecified atom stereocenters. The molecule has 0 aliphatic heterocycles. The Morgan fingerprint density at radius 2 is 1.96 bits per heavy atom. The van der Waals surface area contributed by atoms with Gasteiger partial charge < -0.3 is 16.0 Å². The molecule has 5 N–H and O–H groups in total. The molecule has 2 aromatic heterocycles. The first-order chi connectivity index (χ1) is 13.0. The number of H-pyrrole nitrogens is 2. The minimum atomic E-state index is -0.506. The summed E-state index contributed by atoms with van der Waals surface area (Å²) in [6.45, 7) is 0.127. The van der Waals surface area contributed by atoms with Crippen LogP contribution in [0, 0.1) is 0 Å². The zero-order valence-corrected chi connectivity index (χ0v) is 14.9. The summed E-state index contributed by atoms with van der Waals surface area (Å²) in [6, 6.07) is 10.7. The van der Waals surface area contributed by atoms with E-state index in [-0.39, 0.29) is 24.1 Å². The van der Waals surface area contributed by atoms with Gasteiger partial charge in [0.2, 0.25) is 5.91 Å². The third-order valence-corrected chi connectivity index (χ3v) is 3.46. The molecular weight excluding hydrogens is 372 g/mol. The van der Waals surface area contributed by atoms with Crippen LogP contribution in [-0.2, 0) is 4.79 Å². The van der Waals surface area contributed by atoms with Gasteiger partial charge in [-0.05, 0) is 12.1 Å². The first-order valence-electron chi connectivity index (χ1n) is 7.83. The van der Waals surface area contributed by atoms with E-state index in [1.807, 2.05) is 30.3 Å². The summed E-state index contributed by atoms with van der Waals surface area (Å²) in [4.78, 5) is 40.1. The van der Waals surface area contributed by atoms with Gasteiger partial charge in [0.1, 0.15) is 0 Å². The zero-order chi connectivity index (χ0) is 19.6. The lowest BCUT2D eigenvalue weighted by atomic mass is 10.2. The van der Waals surface area contributed by atoms with Crippen LogP contribution in [0.4, 0.5) is 0 Å². The molecule has 2 amide bonds. The highest BCUT2D eigenvalue weighted by Crippen LogP contribution is 2.16. The quantitative estimate of drug-likeness (QED) is 0.516. The third-order valence-electron chi connectivity index (χ3n) is 3.21. The highest BCUT2D eigenvalue weighted by Gasteiger charge is 2.16. The molecule has 0 radical (unpaired) electrons. The second-order valence-electron chi connectivity index (χ2n) is 5.22. The number of primary amides is 1. The molecular formula is C17H17ClN6O3. The summed E-state index contributed by atoms with van der Waals surface area (Å²) in [5.74, 6) is -0.939. The fraction of sp³-hybridized carbons (Fsp3) is 0.118. The van der Waals surface area contributed by atoms with E-state index in [0.717, 1.165) is 5.02 Å². The topological polar surface area (TPSA) is 147 Å². The lowest BCUT2D eigenvalue weighted by molar-refractivity contribution is -0.117. The van der Waals surface area contributed by atoms with Crippen LogP contribution in [0.25, 0.3) is 11.4 Å². The van der Waals surface area contributed by atoms with E-state index in [1.165, 1.54) is 18.6 Å². The lowest BCUT2D eigenvalue weighted by Crippen LogP contribution is -2.28. The highest BCUT2D eigenvalue weighted by molar-refractivity contribution is 6.30. The molecule has 1 aromatic carbocycles. The average Bonchev–Trinajstić information content (AvgIpc) is 3.12. The summed E-state index contributed by atoms with van der Waals surface area (Å²) < 4.78 is 0. The molecule has 2 heterocycles. The van der Waals surface area contributed by atoms with Gasteiger partial charge in [-0.3, -0.25) is 19.5 Å². The molecule has 0 spiro atoms. The largest absolute Gasteiger partial charge is 0.370 e. The van der Waals surface area contributed by atoms with Gasteiger partial charge in [-0.2, -0.15) is 5.10 Å². The van der Waals surface area contributed by atoms with Crippen molar-refractivity contribution in [1.29, 1.82) is 0 Å². The van der Waals surface area contributed by atoms with Gasteiger partial charge >= 0.3 is 0 Å². The summed E-state index contributed by atoms with van der Waals surface area (Å²) in [7, 11) is 0. The van der Waals surface area contributed by atoms with Crippen LogP contribution in [0.3, 0.4) is 0 Å². The SMILES string of the molecule is Clc1ccccc1.NC(=O)CCNC(=O)c1cn[nH]c1-c1cc(=O)[nH]cn1. The Kier molecular flexibility index (Phi) is 7.26. The molecule has 9 nitrogen and oxygen atoms in total. The maximum Gasteiger partial charge on any atom is 0.255 e. The number of rotatable bonds is 5. The Balaban J connectivity index is 0.000000313. The fourth-order valence-electron chi connectivity index (χ4n) is 1.97. The number of nitrogens with one attached hydrogen (secondary N) is 3. The van der Waals surface area contributed by atoms with E-state index < -0.39 is 11.8 Å². The van der Waals surface area contributed by atoms with Crippen molar-refractivity contribution in [2.24, 2.45) is 5.73 Å². The molecule has 0 bridgehead atoms. The van der Waals surface area contributed by atoms with Crippen molar-refractivity contribution in [2.45, 2.75) is 6.42 Å². The van der Waals surface area contributed by atoms with Gasteiger partial charge in [0, 0.05) is 24.1 Å². The molecule has 27 heavy (non-hydrogen) atoms. The monoisotopic (exact) mass is 388 g/mol. The lowest BCUT2D eigenvalue weighted by Gasteiger charge is -2.04. The molecule has 0 fully saturated rings. The van der Waals surface area contributed by atoms with Crippen LogP contribution in [0.1, 0.15) is 16.8 Å². The fourth-order valence-corrected chi connectivity index (χ4v) is 2.11. The minimum Gasteiger partial charge on any atom is -0.370 e. The van der Waals surface area contributed by atoms with Gasteiger partial charge in [-0.25, -0.2) is 4.98 Å². The van der Waals surface area contributed by atoms with Crippen LogP contribution in [0.15, 0.2) is 53.7 Å². The predicted octanol–water partition coefficient (Wildman–Crippen LogP) is 1.11. The molecule has 0 aliphatic carbocycles. The van der Waals surface area contributed by atoms with Gasteiger partial charge in [0.25, 0.3) is 11.5 Å².